The van der Waals surface area contributed by atoms with Gasteiger partial charge in [0.25, 0.3) is 0 Å². The van der Waals surface area contributed by atoms with Crippen molar-refractivity contribution < 1.29 is 24.9 Å². The Labute approximate surface area is 110 Å². The van der Waals surface area contributed by atoms with E-state index < -0.39 is 5.97 Å². The fraction of sp³-hybridized carbons (Fsp3) is 0.231. The van der Waals surface area contributed by atoms with Gasteiger partial charge in [0.1, 0.15) is 0 Å². The summed E-state index contributed by atoms with van der Waals surface area (Å²) in [4.78, 5) is 21.3. The number of rotatable bonds is 5. The third-order valence-corrected chi connectivity index (χ3v) is 2.26. The van der Waals surface area contributed by atoms with E-state index in [9.17, 15) is 19.8 Å². The zero-order chi connectivity index (χ0) is 14.4. The molecular weight excluding hydrogens is 250 g/mol. The Bertz CT molecular complexity index is 522. The molecule has 0 saturated carbocycles. The molecule has 0 aliphatic carbocycles. The van der Waals surface area contributed by atoms with E-state index in [1.54, 1.807) is 6.08 Å². The van der Waals surface area contributed by atoms with E-state index in [4.69, 9.17) is 5.11 Å². The van der Waals surface area contributed by atoms with E-state index in [2.05, 4.69) is 5.32 Å². The minimum atomic E-state index is -0.913. The smallest absolute Gasteiger partial charge is 0.303 e. The average Bonchev–Trinajstić information content (AvgIpc) is 2.29. The first kappa shape index (κ1) is 14.6. The molecular formula is C13H15NO5. The molecule has 1 aromatic carbocycles. The average molecular weight is 265 g/mol. The van der Waals surface area contributed by atoms with Gasteiger partial charge in [-0.15, -0.1) is 0 Å². The molecule has 0 aliphatic rings. The molecule has 0 spiro atoms. The number of carboxylic acid groups (broad SMARTS) is 1. The lowest BCUT2D eigenvalue weighted by molar-refractivity contribution is -0.136. The molecule has 0 atom stereocenters. The molecule has 1 rings (SSSR count). The van der Waals surface area contributed by atoms with Gasteiger partial charge in [-0.3, -0.25) is 9.59 Å². The highest BCUT2D eigenvalue weighted by Crippen LogP contribution is 2.33. The summed E-state index contributed by atoms with van der Waals surface area (Å²) in [7, 11) is 0. The van der Waals surface area contributed by atoms with Crippen molar-refractivity contribution in [3.05, 3.63) is 23.8 Å². The van der Waals surface area contributed by atoms with Gasteiger partial charge >= 0.3 is 5.97 Å². The maximum Gasteiger partial charge on any atom is 0.303 e. The summed E-state index contributed by atoms with van der Waals surface area (Å²) in [6, 6.07) is 2.71. The van der Waals surface area contributed by atoms with Crippen LogP contribution in [0.5, 0.6) is 11.5 Å². The second kappa shape index (κ2) is 6.44. The molecule has 0 saturated heterocycles. The summed E-state index contributed by atoms with van der Waals surface area (Å²) in [5.74, 6) is -1.89. The van der Waals surface area contributed by atoms with Gasteiger partial charge in [-0.05, 0) is 12.5 Å². The monoisotopic (exact) mass is 265 g/mol. The number of benzene rings is 1. The highest BCUT2D eigenvalue weighted by molar-refractivity contribution is 5.89. The SMILES string of the molecule is CC(=O)Nc1cc(O)c(O)c(/C=C\CCC(=O)O)c1. The van der Waals surface area contributed by atoms with Crippen molar-refractivity contribution in [2.45, 2.75) is 19.8 Å². The zero-order valence-electron chi connectivity index (χ0n) is 10.4. The van der Waals surface area contributed by atoms with Crippen molar-refractivity contribution in [1.82, 2.24) is 0 Å². The number of hydrogen-bond acceptors (Lipinski definition) is 4. The van der Waals surface area contributed by atoms with Gasteiger partial charge in [0, 0.05) is 30.7 Å². The number of carbonyl (C=O) groups is 2. The van der Waals surface area contributed by atoms with E-state index in [1.165, 1.54) is 25.1 Å². The van der Waals surface area contributed by atoms with E-state index in [-0.39, 0.29) is 23.8 Å². The number of aromatic hydroxyl groups is 2. The molecule has 102 valence electrons. The first-order chi connectivity index (χ1) is 8.90. The third kappa shape index (κ3) is 4.71. The number of hydrogen-bond donors (Lipinski definition) is 4. The lowest BCUT2D eigenvalue weighted by Crippen LogP contribution is -2.05. The zero-order valence-corrected chi connectivity index (χ0v) is 10.4. The van der Waals surface area contributed by atoms with Crippen LogP contribution in [-0.4, -0.2) is 27.2 Å². The molecule has 0 heterocycles. The predicted molar refractivity (Wildman–Crippen MR) is 70.0 cm³/mol. The molecule has 19 heavy (non-hydrogen) atoms. The Hall–Kier alpha value is -2.50. The normalized spacial score (nSPS) is 10.6. The number of allylic oxidation sites excluding steroid dienone is 1. The Kier molecular flexibility index (Phi) is 4.93. The number of amides is 1. The molecule has 1 aromatic rings. The number of anilines is 1. The van der Waals surface area contributed by atoms with Crippen LogP contribution in [-0.2, 0) is 9.59 Å². The van der Waals surface area contributed by atoms with Crippen LogP contribution >= 0.6 is 0 Å². The van der Waals surface area contributed by atoms with Crippen molar-refractivity contribution in [2.75, 3.05) is 5.32 Å². The molecule has 0 fully saturated rings. The molecule has 6 heteroatoms. The molecule has 4 N–H and O–H groups in total. The van der Waals surface area contributed by atoms with Crippen LogP contribution in [0, 0.1) is 0 Å². The van der Waals surface area contributed by atoms with Crippen molar-refractivity contribution >= 4 is 23.6 Å². The fourth-order valence-corrected chi connectivity index (χ4v) is 1.46. The highest BCUT2D eigenvalue weighted by atomic mass is 16.4. The highest BCUT2D eigenvalue weighted by Gasteiger charge is 2.07. The van der Waals surface area contributed by atoms with Gasteiger partial charge in [0.15, 0.2) is 11.5 Å². The van der Waals surface area contributed by atoms with Crippen LogP contribution in [0.1, 0.15) is 25.3 Å². The summed E-state index contributed by atoms with van der Waals surface area (Å²) in [6.45, 7) is 1.33. The van der Waals surface area contributed by atoms with E-state index in [1.807, 2.05) is 0 Å². The largest absolute Gasteiger partial charge is 0.504 e. The van der Waals surface area contributed by atoms with Gasteiger partial charge in [-0.1, -0.05) is 12.2 Å². The number of carboxylic acids is 1. The number of aliphatic carboxylic acids is 1. The minimum Gasteiger partial charge on any atom is -0.504 e. The van der Waals surface area contributed by atoms with E-state index in [0.29, 0.717) is 17.7 Å². The lowest BCUT2D eigenvalue weighted by Gasteiger charge is -2.07. The van der Waals surface area contributed by atoms with Crippen molar-refractivity contribution in [3.63, 3.8) is 0 Å². The molecule has 1 amide bonds. The van der Waals surface area contributed by atoms with Crippen LogP contribution in [0.4, 0.5) is 5.69 Å². The Morgan fingerprint density at radius 1 is 1.32 bits per heavy atom. The lowest BCUT2D eigenvalue weighted by atomic mass is 10.1. The molecule has 0 bridgehead atoms. The number of nitrogens with one attached hydrogen (secondary N) is 1. The van der Waals surface area contributed by atoms with Gasteiger partial charge in [-0.2, -0.15) is 0 Å². The van der Waals surface area contributed by atoms with Gasteiger partial charge in [0.05, 0.1) is 0 Å². The Morgan fingerprint density at radius 2 is 2.00 bits per heavy atom. The van der Waals surface area contributed by atoms with Crippen LogP contribution in [0.2, 0.25) is 0 Å². The van der Waals surface area contributed by atoms with Crippen molar-refractivity contribution in [3.8, 4) is 11.5 Å². The molecule has 0 aromatic heterocycles. The summed E-state index contributed by atoms with van der Waals surface area (Å²) in [5, 5.41) is 30.1. The molecule has 0 aliphatic heterocycles. The standard InChI is InChI=1S/C13H15NO5/c1-8(15)14-10-6-9(13(19)11(16)7-10)4-2-3-5-12(17)18/h2,4,6-7,16,19H,3,5H2,1H3,(H,14,15)(H,17,18)/b4-2-. The van der Waals surface area contributed by atoms with Gasteiger partial charge in [-0.25, -0.2) is 0 Å². The van der Waals surface area contributed by atoms with Crippen LogP contribution in [0.15, 0.2) is 18.2 Å². The number of phenols is 2. The first-order valence-electron chi connectivity index (χ1n) is 5.62. The second-order valence-corrected chi connectivity index (χ2v) is 3.95. The minimum absolute atomic E-state index is 0.0192. The maximum absolute atomic E-state index is 10.9. The quantitative estimate of drug-likeness (QED) is 0.480. The number of carbonyl (C=O) groups excluding carboxylic acids is 1. The maximum atomic E-state index is 10.9. The van der Waals surface area contributed by atoms with Crippen molar-refractivity contribution in [1.29, 1.82) is 0 Å². The van der Waals surface area contributed by atoms with E-state index >= 15 is 0 Å². The summed E-state index contributed by atoms with van der Waals surface area (Å²) in [5.41, 5.74) is 0.648. The second-order valence-electron chi connectivity index (χ2n) is 3.95. The predicted octanol–water partition coefficient (Wildman–Crippen LogP) is 1.93. The van der Waals surface area contributed by atoms with Crippen LogP contribution in [0.25, 0.3) is 6.08 Å². The topological polar surface area (TPSA) is 107 Å². The molecule has 6 nitrogen and oxygen atoms in total. The summed E-state index contributed by atoms with van der Waals surface area (Å²) >= 11 is 0. The Balaban J connectivity index is 2.89. The summed E-state index contributed by atoms with van der Waals surface area (Å²) in [6.07, 6.45) is 3.35. The van der Waals surface area contributed by atoms with Crippen LogP contribution < -0.4 is 5.32 Å². The van der Waals surface area contributed by atoms with Gasteiger partial charge in [0.2, 0.25) is 5.91 Å². The number of phenolic OH excluding ortho intramolecular Hbond substituents is 2. The summed E-state index contributed by atoms with van der Waals surface area (Å²) < 4.78 is 0. The van der Waals surface area contributed by atoms with Crippen molar-refractivity contribution in [2.24, 2.45) is 0 Å². The third-order valence-electron chi connectivity index (χ3n) is 2.26. The Morgan fingerprint density at radius 3 is 2.58 bits per heavy atom. The molecule has 0 radical (unpaired) electrons. The van der Waals surface area contributed by atoms with Crippen LogP contribution in [0.3, 0.4) is 0 Å². The molecule has 0 unspecified atom stereocenters. The van der Waals surface area contributed by atoms with Gasteiger partial charge < -0.3 is 20.6 Å². The van der Waals surface area contributed by atoms with E-state index in [0.717, 1.165) is 0 Å². The first-order valence-corrected chi connectivity index (χ1v) is 5.62. The fourth-order valence-electron chi connectivity index (χ4n) is 1.46.